The highest BCUT2D eigenvalue weighted by atomic mass is 32.1. The first-order valence-electron chi connectivity index (χ1n) is 9.90. The van der Waals surface area contributed by atoms with Crippen LogP contribution in [0, 0.1) is 25.7 Å². The van der Waals surface area contributed by atoms with Gasteiger partial charge in [0.05, 0.1) is 11.4 Å². The predicted molar refractivity (Wildman–Crippen MR) is 112 cm³/mol. The van der Waals surface area contributed by atoms with Crippen molar-refractivity contribution < 1.29 is 9.85 Å². The molecule has 0 saturated heterocycles. The van der Waals surface area contributed by atoms with E-state index in [2.05, 4.69) is 43.6 Å². The van der Waals surface area contributed by atoms with Gasteiger partial charge in [-0.2, -0.15) is 14.1 Å². The Hall–Kier alpha value is -0.645. The van der Waals surface area contributed by atoms with Gasteiger partial charge in [-0.25, -0.2) is 22.5 Å². The van der Waals surface area contributed by atoms with Crippen LogP contribution >= 0.6 is 21.6 Å². The lowest BCUT2D eigenvalue weighted by Gasteiger charge is -2.26. The van der Waals surface area contributed by atoms with E-state index in [0.29, 0.717) is 24.3 Å². The number of aromatic nitrogens is 2. The normalized spacial score (nSPS) is 24.7. The molecule has 1 N–H and O–H groups in total. The molecule has 2 aliphatic rings. The maximum Gasteiger partial charge on any atom is 0.244 e. The summed E-state index contributed by atoms with van der Waals surface area (Å²) in [5.41, 5.74) is 2.82. The van der Waals surface area contributed by atoms with Gasteiger partial charge in [0.1, 0.15) is 17.6 Å². The fourth-order valence-corrected chi connectivity index (χ4v) is 3.77. The fourth-order valence-electron chi connectivity index (χ4n) is 3.77. The Labute approximate surface area is 162 Å². The van der Waals surface area contributed by atoms with Gasteiger partial charge in [0.25, 0.3) is 0 Å². The number of thiol groups is 1. The molecule has 2 heterocycles. The first-order valence-corrected chi connectivity index (χ1v) is 10.1. The summed E-state index contributed by atoms with van der Waals surface area (Å²) in [5.74, 6) is 2.29. The summed E-state index contributed by atoms with van der Waals surface area (Å²) in [5, 5.41) is 4.46. The number of rotatable bonds is 6. The van der Waals surface area contributed by atoms with Crippen LogP contribution in [0.25, 0.3) is 0 Å². The van der Waals surface area contributed by atoms with Gasteiger partial charge in [-0.15, -0.1) is 0 Å². The molecule has 4 atom stereocenters. The van der Waals surface area contributed by atoms with Crippen LogP contribution in [0.3, 0.4) is 0 Å². The number of fused-ring (bicyclic) bond motifs is 2. The van der Waals surface area contributed by atoms with Crippen LogP contribution in [0.1, 0.15) is 50.5 Å². The van der Waals surface area contributed by atoms with Crippen LogP contribution in [0.2, 0.25) is 0 Å². The van der Waals surface area contributed by atoms with Crippen LogP contribution in [-0.4, -0.2) is 42.5 Å². The summed E-state index contributed by atoms with van der Waals surface area (Å²) in [7, 11) is 2.19. The molecule has 1 aliphatic carbocycles. The van der Waals surface area contributed by atoms with Gasteiger partial charge in [0.15, 0.2) is 0 Å². The van der Waals surface area contributed by atoms with Crippen molar-refractivity contribution in [2.75, 3.05) is 6.61 Å². The highest BCUT2D eigenvalue weighted by Gasteiger charge is 2.43. The second kappa shape index (κ2) is 9.89. The Kier molecular flexibility index (Phi) is 7.02. The zero-order valence-corrected chi connectivity index (χ0v) is 17.3. The van der Waals surface area contributed by atoms with Gasteiger partial charge < -0.3 is 9.85 Å². The molecule has 0 amide bonds. The summed E-state index contributed by atoms with van der Waals surface area (Å²) in [6.07, 6.45) is 5.03. The van der Waals surface area contributed by atoms with E-state index in [4.69, 9.17) is 12.5 Å². The van der Waals surface area contributed by atoms with Crippen LogP contribution in [0.5, 0.6) is 5.88 Å². The van der Waals surface area contributed by atoms with Gasteiger partial charge in [0.2, 0.25) is 13.6 Å². The molecule has 138 valence electrons. The molecule has 8 heteroatoms. The number of aryl methyl sites for hydroxylation is 2. The summed E-state index contributed by atoms with van der Waals surface area (Å²) >= 11 is 3.60. The van der Waals surface area contributed by atoms with Gasteiger partial charge >= 0.3 is 0 Å². The SMILES string of the molecule is [2H]B(P)S.[3H]OCCC[C@H]1C[C@H](CCC)[C@H]2Oc3nc(C)nc(C)c3N=C12. The molecule has 0 aromatic carbocycles. The van der Waals surface area contributed by atoms with Crippen molar-refractivity contribution in [2.45, 2.75) is 59.0 Å². The summed E-state index contributed by atoms with van der Waals surface area (Å²) in [4.78, 5) is 13.8. The average Bonchev–Trinajstić information content (AvgIpc) is 2.90. The number of hydrogen-bond donors (Lipinski definition) is 2. The Morgan fingerprint density at radius 1 is 1.48 bits per heavy atom. The zero-order valence-electron chi connectivity index (χ0n) is 17.2. The Morgan fingerprint density at radius 3 is 2.92 bits per heavy atom. The van der Waals surface area contributed by atoms with E-state index >= 15 is 0 Å². The van der Waals surface area contributed by atoms with Gasteiger partial charge in [-0.1, -0.05) is 13.3 Å². The van der Waals surface area contributed by atoms with Crippen molar-refractivity contribution in [3.8, 4) is 5.88 Å². The Morgan fingerprint density at radius 2 is 2.24 bits per heavy atom. The molecule has 1 fully saturated rings. The van der Waals surface area contributed by atoms with Crippen LogP contribution in [-0.2, 0) is 0 Å². The maximum absolute atomic E-state index is 6.84. The minimum Gasteiger partial charge on any atom is -0.466 e. The number of aliphatic hydroxyl groups excluding tert-OH is 1. The van der Waals surface area contributed by atoms with Crippen molar-refractivity contribution in [1.82, 2.24) is 9.97 Å². The van der Waals surface area contributed by atoms with E-state index in [-0.39, 0.29) is 12.3 Å². The van der Waals surface area contributed by atoms with Crippen molar-refractivity contribution in [1.29, 1.82) is 2.77 Å². The van der Waals surface area contributed by atoms with E-state index in [0.717, 1.165) is 55.0 Å². The first-order chi connectivity index (χ1) is 12.9. The van der Waals surface area contributed by atoms with E-state index in [1.165, 1.54) is 0 Å². The van der Waals surface area contributed by atoms with Crippen molar-refractivity contribution in [2.24, 2.45) is 16.8 Å². The molecule has 1 aromatic rings. The van der Waals surface area contributed by atoms with Crippen molar-refractivity contribution in [3.63, 3.8) is 0 Å². The van der Waals surface area contributed by atoms with Gasteiger partial charge in [-0.05, 0) is 40.9 Å². The predicted octanol–water partition coefficient (Wildman–Crippen LogP) is 3.19. The lowest BCUT2D eigenvalue weighted by molar-refractivity contribution is 0.187. The molecule has 1 saturated carbocycles. The van der Waals surface area contributed by atoms with Crippen molar-refractivity contribution in [3.05, 3.63) is 11.5 Å². The lowest BCUT2D eigenvalue weighted by Crippen LogP contribution is -2.33. The maximum atomic E-state index is 6.84. The smallest absolute Gasteiger partial charge is 0.244 e. The standard InChI is InChI=1S/C17H25N3O2.BH4PS/c1-4-6-13-9-12(7-5-8-21)15-16(13)22-17-14(20-15)10(2)18-11(3)19-17;2-1-3/h12-13,16,21H,4-9H2,1-3H3;1,3H,2H2/t12-,13-,16+;/m0./s1/i21T;1D. The number of aliphatic imine (C=N–C) groups is 1. The molecule has 1 aliphatic heterocycles. The zero-order chi connectivity index (χ0) is 20.0. The highest BCUT2D eigenvalue weighted by molar-refractivity contribution is 8.20. The van der Waals surface area contributed by atoms with Gasteiger partial charge in [0, 0.05) is 18.4 Å². The average molecular weight is 384 g/mol. The van der Waals surface area contributed by atoms with E-state index in [1.54, 1.807) is 0 Å². The molecule has 5 nitrogen and oxygen atoms in total. The topological polar surface area (TPSA) is 67.6 Å². The third kappa shape index (κ3) is 4.96. The number of hydrogen-bond acceptors (Lipinski definition) is 6. The van der Waals surface area contributed by atoms with E-state index < -0.39 is 0 Å². The molecule has 3 rings (SSSR count). The third-order valence-electron chi connectivity index (χ3n) is 4.70. The second-order valence-electron chi connectivity index (χ2n) is 6.56. The van der Waals surface area contributed by atoms with E-state index in [1.807, 2.05) is 13.8 Å². The third-order valence-corrected chi connectivity index (χ3v) is 4.70. The van der Waals surface area contributed by atoms with Crippen LogP contribution in [0.15, 0.2) is 4.99 Å². The summed E-state index contributed by atoms with van der Waals surface area (Å²) in [6.45, 7) is 6.54. The molecule has 1 unspecified atom stereocenters. The molecule has 25 heavy (non-hydrogen) atoms. The molecule has 1 aromatic heterocycles. The van der Waals surface area contributed by atoms with Crippen LogP contribution < -0.4 is 4.74 Å². The molecular formula is C17H29BN3O2PS. The monoisotopic (exact) mass is 384 g/mol. The van der Waals surface area contributed by atoms with E-state index in [9.17, 15) is 0 Å². The number of aliphatic hydroxyl groups is 1. The minimum absolute atomic E-state index is 0.0538. The highest BCUT2D eigenvalue weighted by Crippen LogP contribution is 2.44. The van der Waals surface area contributed by atoms with Crippen molar-refractivity contribution >= 4 is 39.2 Å². The molecule has 0 radical (unpaired) electrons. The lowest BCUT2D eigenvalue weighted by atomic mass is 9.97. The Bertz CT molecular complexity index is 667. The quantitative estimate of drug-likeness (QED) is 0.342. The first kappa shape index (κ1) is 17.8. The van der Waals surface area contributed by atoms with Crippen LogP contribution in [0.4, 0.5) is 5.69 Å². The molecule has 0 bridgehead atoms. The summed E-state index contributed by atoms with van der Waals surface area (Å²) in [6, 6.07) is 0. The number of nitrogens with zero attached hydrogens (tertiary/aromatic N) is 3. The number of ether oxygens (including phenoxy) is 1. The van der Waals surface area contributed by atoms with Gasteiger partial charge in [-0.3, -0.25) is 0 Å². The summed E-state index contributed by atoms with van der Waals surface area (Å²) < 4.78 is 19.5. The minimum atomic E-state index is -0.306. The molecule has 0 spiro atoms. The molecular weight excluding hydrogens is 352 g/mol. The fraction of sp³-hybridized carbons (Fsp3) is 0.706. The Balaban J connectivity index is 0.000000596. The second-order valence-corrected chi connectivity index (χ2v) is 7.75. The largest absolute Gasteiger partial charge is 0.466 e.